The number of benzene rings is 1. The molecule has 0 bridgehead atoms. The van der Waals surface area contributed by atoms with Crippen LogP contribution in [-0.2, 0) is 12.3 Å². The van der Waals surface area contributed by atoms with E-state index < -0.39 is 0 Å². The zero-order valence-electron chi connectivity index (χ0n) is 12.2. The third-order valence-corrected chi connectivity index (χ3v) is 3.80. The summed E-state index contributed by atoms with van der Waals surface area (Å²) >= 11 is 7.81. The summed E-state index contributed by atoms with van der Waals surface area (Å²) < 4.78 is 16.3. The molecule has 0 spiro atoms. The molecule has 0 atom stereocenters. The highest BCUT2D eigenvalue weighted by molar-refractivity contribution is 7.97. The Hall–Kier alpha value is -1.46. The summed E-state index contributed by atoms with van der Waals surface area (Å²) in [5.41, 5.74) is 0.807. The van der Waals surface area contributed by atoms with Crippen molar-refractivity contribution in [3.05, 3.63) is 40.8 Å². The van der Waals surface area contributed by atoms with Gasteiger partial charge in [-0.05, 0) is 18.4 Å². The van der Waals surface area contributed by atoms with Crippen LogP contribution in [0.25, 0.3) is 0 Å². The molecule has 0 aliphatic carbocycles. The van der Waals surface area contributed by atoms with Gasteiger partial charge in [0.25, 0.3) is 0 Å². The lowest BCUT2D eigenvalue weighted by Gasteiger charge is -2.13. The number of nitrogens with one attached hydrogen (secondary N) is 1. The molecule has 1 aromatic heterocycles. The molecule has 0 saturated heterocycles. The van der Waals surface area contributed by atoms with Gasteiger partial charge in [0.05, 0.1) is 37.2 Å². The van der Waals surface area contributed by atoms with Gasteiger partial charge in [0.1, 0.15) is 23.0 Å². The highest BCUT2D eigenvalue weighted by atomic mass is 35.5. The van der Waals surface area contributed by atoms with Gasteiger partial charge in [-0.3, -0.25) is 0 Å². The Morgan fingerprint density at radius 3 is 2.52 bits per heavy atom. The van der Waals surface area contributed by atoms with E-state index in [0.717, 1.165) is 23.0 Å². The smallest absolute Gasteiger partial charge is 0.143 e. The summed E-state index contributed by atoms with van der Waals surface area (Å²) in [5, 5.41) is 3.79. The average Bonchev–Trinajstić information content (AvgIpc) is 2.93. The summed E-state index contributed by atoms with van der Waals surface area (Å²) in [7, 11) is 3.19. The van der Waals surface area contributed by atoms with Crippen molar-refractivity contribution in [2.75, 3.05) is 25.8 Å². The average molecular weight is 328 g/mol. The molecule has 0 unspecified atom stereocenters. The minimum Gasteiger partial charge on any atom is -0.495 e. The van der Waals surface area contributed by atoms with Crippen LogP contribution in [0.4, 0.5) is 5.69 Å². The molecule has 0 saturated carbocycles. The predicted octanol–water partition coefficient (Wildman–Crippen LogP) is 4.43. The van der Waals surface area contributed by atoms with Crippen molar-refractivity contribution in [1.29, 1.82) is 0 Å². The van der Waals surface area contributed by atoms with E-state index in [-0.39, 0.29) is 0 Å². The maximum Gasteiger partial charge on any atom is 0.143 e. The van der Waals surface area contributed by atoms with Crippen LogP contribution in [0.15, 0.2) is 28.7 Å². The molecular weight excluding hydrogens is 310 g/mol. The van der Waals surface area contributed by atoms with Gasteiger partial charge < -0.3 is 19.2 Å². The molecule has 0 aliphatic rings. The molecule has 6 heteroatoms. The van der Waals surface area contributed by atoms with Crippen molar-refractivity contribution in [3.8, 4) is 11.5 Å². The third-order valence-electron chi connectivity index (χ3n) is 2.93. The Morgan fingerprint density at radius 1 is 1.14 bits per heavy atom. The van der Waals surface area contributed by atoms with Gasteiger partial charge in [-0.15, -0.1) is 0 Å². The van der Waals surface area contributed by atoms with Gasteiger partial charge in [0.2, 0.25) is 0 Å². The number of furan rings is 1. The fraction of sp³-hybridized carbons (Fsp3) is 0.333. The van der Waals surface area contributed by atoms with Gasteiger partial charge in [0.15, 0.2) is 0 Å². The summed E-state index contributed by atoms with van der Waals surface area (Å²) in [5.74, 6) is 3.98. The normalized spacial score (nSPS) is 10.5. The van der Waals surface area contributed by atoms with Crippen molar-refractivity contribution >= 4 is 29.1 Å². The van der Waals surface area contributed by atoms with Gasteiger partial charge in [-0.25, -0.2) is 0 Å². The SMILES string of the molecule is COc1cc(NCc2ccc(CSC)o2)c(OC)cc1Cl. The quantitative estimate of drug-likeness (QED) is 0.815. The van der Waals surface area contributed by atoms with Gasteiger partial charge in [-0.2, -0.15) is 11.8 Å². The Labute approximate surface area is 133 Å². The van der Waals surface area contributed by atoms with E-state index in [1.807, 2.05) is 24.5 Å². The maximum absolute atomic E-state index is 6.08. The zero-order chi connectivity index (χ0) is 15.2. The monoisotopic (exact) mass is 327 g/mol. The second-order valence-corrected chi connectivity index (χ2v) is 5.61. The van der Waals surface area contributed by atoms with Crippen LogP contribution in [0.5, 0.6) is 11.5 Å². The maximum atomic E-state index is 6.08. The Balaban J connectivity index is 2.10. The molecule has 21 heavy (non-hydrogen) atoms. The fourth-order valence-corrected chi connectivity index (χ4v) is 2.59. The van der Waals surface area contributed by atoms with Crippen molar-refractivity contribution in [2.24, 2.45) is 0 Å². The van der Waals surface area contributed by atoms with Crippen LogP contribution in [0.3, 0.4) is 0 Å². The second-order valence-electron chi connectivity index (χ2n) is 4.34. The van der Waals surface area contributed by atoms with Crippen LogP contribution in [0, 0.1) is 0 Å². The fourth-order valence-electron chi connectivity index (χ4n) is 1.92. The van der Waals surface area contributed by atoms with Gasteiger partial charge in [0, 0.05) is 12.1 Å². The number of halogens is 1. The number of hydrogen-bond acceptors (Lipinski definition) is 5. The number of rotatable bonds is 7. The topological polar surface area (TPSA) is 43.6 Å². The van der Waals surface area contributed by atoms with Crippen LogP contribution in [0.1, 0.15) is 11.5 Å². The summed E-state index contributed by atoms with van der Waals surface area (Å²) in [6, 6.07) is 7.50. The highest BCUT2D eigenvalue weighted by Gasteiger charge is 2.10. The van der Waals surface area contributed by atoms with E-state index in [2.05, 4.69) is 5.32 Å². The lowest BCUT2D eigenvalue weighted by Crippen LogP contribution is -2.01. The van der Waals surface area contributed by atoms with Crippen molar-refractivity contribution in [1.82, 2.24) is 0 Å². The van der Waals surface area contributed by atoms with E-state index in [0.29, 0.717) is 23.1 Å². The minimum absolute atomic E-state index is 0.514. The molecule has 0 amide bonds. The molecule has 1 heterocycles. The van der Waals surface area contributed by atoms with E-state index in [1.54, 1.807) is 32.0 Å². The summed E-state index contributed by atoms with van der Waals surface area (Å²) in [6.45, 7) is 0.565. The number of methoxy groups -OCH3 is 2. The molecule has 0 fully saturated rings. The number of ether oxygens (including phenoxy) is 2. The van der Waals surface area contributed by atoms with Crippen molar-refractivity contribution < 1.29 is 13.9 Å². The lowest BCUT2D eigenvalue weighted by atomic mass is 10.2. The van der Waals surface area contributed by atoms with E-state index in [9.17, 15) is 0 Å². The molecule has 1 aromatic carbocycles. The van der Waals surface area contributed by atoms with Crippen LogP contribution >= 0.6 is 23.4 Å². The van der Waals surface area contributed by atoms with Crippen LogP contribution in [-0.4, -0.2) is 20.5 Å². The lowest BCUT2D eigenvalue weighted by molar-refractivity contribution is 0.404. The number of hydrogen-bond donors (Lipinski definition) is 1. The van der Waals surface area contributed by atoms with Crippen molar-refractivity contribution in [2.45, 2.75) is 12.3 Å². The number of anilines is 1. The molecular formula is C15H18ClNO3S. The Bertz CT molecular complexity index is 601. The molecule has 114 valence electrons. The predicted molar refractivity (Wildman–Crippen MR) is 87.8 cm³/mol. The Morgan fingerprint density at radius 2 is 1.86 bits per heavy atom. The largest absolute Gasteiger partial charge is 0.495 e. The second kappa shape index (κ2) is 7.52. The van der Waals surface area contributed by atoms with Crippen LogP contribution in [0.2, 0.25) is 5.02 Å². The minimum atomic E-state index is 0.514. The molecule has 1 N–H and O–H groups in total. The number of thioether (sulfide) groups is 1. The molecule has 2 aromatic rings. The highest BCUT2D eigenvalue weighted by Crippen LogP contribution is 2.36. The summed E-state index contributed by atoms with van der Waals surface area (Å²) in [6.07, 6.45) is 2.05. The Kier molecular flexibility index (Phi) is 5.70. The van der Waals surface area contributed by atoms with E-state index >= 15 is 0 Å². The first-order valence-electron chi connectivity index (χ1n) is 6.39. The molecule has 0 aliphatic heterocycles. The van der Waals surface area contributed by atoms with Crippen LogP contribution < -0.4 is 14.8 Å². The molecule has 0 radical (unpaired) electrons. The van der Waals surface area contributed by atoms with Crippen molar-refractivity contribution in [3.63, 3.8) is 0 Å². The van der Waals surface area contributed by atoms with Gasteiger partial charge in [-0.1, -0.05) is 11.6 Å². The summed E-state index contributed by atoms with van der Waals surface area (Å²) in [4.78, 5) is 0. The first kappa shape index (κ1) is 15.9. The standard InChI is InChI=1S/C15H18ClNO3S/c1-18-14-7-13(15(19-2)6-12(14)16)17-8-10-4-5-11(20-10)9-21-3/h4-7,17H,8-9H2,1-3H3. The first-order chi connectivity index (χ1) is 10.2. The zero-order valence-corrected chi connectivity index (χ0v) is 13.8. The first-order valence-corrected chi connectivity index (χ1v) is 8.17. The van der Waals surface area contributed by atoms with Gasteiger partial charge >= 0.3 is 0 Å². The van der Waals surface area contributed by atoms with E-state index in [4.69, 9.17) is 25.5 Å². The third kappa shape index (κ3) is 4.02. The van der Waals surface area contributed by atoms with E-state index in [1.165, 1.54) is 0 Å². The molecule has 4 nitrogen and oxygen atoms in total. The molecule has 2 rings (SSSR count).